The van der Waals surface area contributed by atoms with Crippen LogP contribution in [0, 0.1) is 22.7 Å². The van der Waals surface area contributed by atoms with Crippen molar-refractivity contribution in [3.8, 4) is 12.1 Å². The van der Waals surface area contributed by atoms with Crippen molar-refractivity contribution in [2.75, 3.05) is 0 Å². The van der Waals surface area contributed by atoms with E-state index in [1.807, 2.05) is 55.6 Å². The van der Waals surface area contributed by atoms with Crippen LogP contribution >= 0.6 is 0 Å². The smallest absolute Gasteiger partial charge is 0.133 e. The van der Waals surface area contributed by atoms with Crippen LogP contribution in [0.2, 0.25) is 0 Å². The Labute approximate surface area is 142 Å². The molecule has 4 heteroatoms. The molecule has 2 aromatic rings. The minimum absolute atomic E-state index is 0.0301. The van der Waals surface area contributed by atoms with Gasteiger partial charge in [0, 0.05) is 18.8 Å². The van der Waals surface area contributed by atoms with E-state index in [2.05, 4.69) is 16.7 Å². The van der Waals surface area contributed by atoms with Crippen molar-refractivity contribution in [3.05, 3.63) is 83.4 Å². The summed E-state index contributed by atoms with van der Waals surface area (Å²) < 4.78 is 7.88. The Bertz CT molecular complexity index is 785. The van der Waals surface area contributed by atoms with Crippen molar-refractivity contribution in [2.45, 2.75) is 26.5 Å². The molecule has 4 nitrogen and oxygen atoms in total. The van der Waals surface area contributed by atoms with E-state index in [9.17, 15) is 0 Å². The number of ether oxygens (including phenoxy) is 1. The van der Waals surface area contributed by atoms with E-state index in [0.29, 0.717) is 12.4 Å². The van der Waals surface area contributed by atoms with Gasteiger partial charge in [0.15, 0.2) is 0 Å². The Balaban J connectivity index is 1.97. The van der Waals surface area contributed by atoms with E-state index in [0.717, 1.165) is 18.7 Å². The van der Waals surface area contributed by atoms with Crippen molar-refractivity contribution in [1.82, 2.24) is 4.57 Å². The van der Waals surface area contributed by atoms with Gasteiger partial charge in [0.2, 0.25) is 0 Å². The molecule has 0 radical (unpaired) electrons. The lowest BCUT2D eigenvalue weighted by Crippen LogP contribution is -2.06. The second-order valence-corrected chi connectivity index (χ2v) is 5.19. The van der Waals surface area contributed by atoms with Gasteiger partial charge in [-0.1, -0.05) is 30.3 Å². The molecule has 1 heterocycles. The van der Waals surface area contributed by atoms with Gasteiger partial charge in [-0.15, -0.1) is 0 Å². The van der Waals surface area contributed by atoms with Gasteiger partial charge >= 0.3 is 0 Å². The maximum absolute atomic E-state index is 8.82. The molecule has 24 heavy (non-hydrogen) atoms. The molecule has 0 spiro atoms. The van der Waals surface area contributed by atoms with Crippen LogP contribution in [0.3, 0.4) is 0 Å². The van der Waals surface area contributed by atoms with E-state index in [-0.39, 0.29) is 5.57 Å². The topological polar surface area (TPSA) is 61.7 Å². The lowest BCUT2D eigenvalue weighted by Gasteiger charge is -2.11. The summed E-state index contributed by atoms with van der Waals surface area (Å²) in [6, 6.07) is 18.0. The molecule has 0 saturated heterocycles. The molecule has 120 valence electrons. The Morgan fingerprint density at radius 2 is 1.88 bits per heavy atom. The maximum Gasteiger partial charge on any atom is 0.133 e. The maximum atomic E-state index is 8.82. The fraction of sp³-hybridized carbons (Fsp3) is 0.200. The van der Waals surface area contributed by atoms with Crippen molar-refractivity contribution >= 4 is 0 Å². The Hall–Kier alpha value is -3.24. The zero-order valence-electron chi connectivity index (χ0n) is 13.6. The summed E-state index contributed by atoms with van der Waals surface area (Å²) in [6.07, 6.45) is 6.18. The van der Waals surface area contributed by atoms with Crippen LogP contribution in [0.15, 0.2) is 72.1 Å². The van der Waals surface area contributed by atoms with Crippen molar-refractivity contribution < 1.29 is 4.74 Å². The number of aryl methyl sites for hydroxylation is 2. The van der Waals surface area contributed by atoms with E-state index in [1.54, 1.807) is 6.08 Å². The highest BCUT2D eigenvalue weighted by molar-refractivity contribution is 5.39. The van der Waals surface area contributed by atoms with Gasteiger partial charge in [-0.25, -0.2) is 0 Å². The molecule has 0 bridgehead atoms. The summed E-state index contributed by atoms with van der Waals surface area (Å²) in [5.41, 5.74) is 2.37. The van der Waals surface area contributed by atoms with E-state index >= 15 is 0 Å². The van der Waals surface area contributed by atoms with Gasteiger partial charge in [-0.2, -0.15) is 10.5 Å². The molecular weight excluding hydrogens is 298 g/mol. The second kappa shape index (κ2) is 9.02. The number of aromatic nitrogens is 1. The second-order valence-electron chi connectivity index (χ2n) is 5.19. The Kier molecular flexibility index (Phi) is 6.44. The van der Waals surface area contributed by atoms with Crippen LogP contribution in [0.5, 0.6) is 0 Å². The SMILES string of the molecule is C/C=C(/C=C(C#N)C#N)OCc1cccn1CCc1ccccc1. The van der Waals surface area contributed by atoms with Crippen molar-refractivity contribution in [1.29, 1.82) is 10.5 Å². The summed E-state index contributed by atoms with van der Waals surface area (Å²) in [6.45, 7) is 3.08. The number of allylic oxidation sites excluding steroid dienone is 3. The summed E-state index contributed by atoms with van der Waals surface area (Å²) in [7, 11) is 0. The monoisotopic (exact) mass is 317 g/mol. The Morgan fingerprint density at radius 3 is 2.54 bits per heavy atom. The van der Waals surface area contributed by atoms with Gasteiger partial charge in [0.05, 0.1) is 5.69 Å². The average molecular weight is 317 g/mol. The van der Waals surface area contributed by atoms with Crippen LogP contribution in [-0.4, -0.2) is 4.57 Å². The summed E-state index contributed by atoms with van der Waals surface area (Å²) in [5, 5.41) is 17.6. The molecule has 0 unspecified atom stereocenters. The van der Waals surface area contributed by atoms with Crippen LogP contribution in [0.4, 0.5) is 0 Å². The Morgan fingerprint density at radius 1 is 1.12 bits per heavy atom. The lowest BCUT2D eigenvalue weighted by atomic mass is 10.1. The average Bonchev–Trinajstić information content (AvgIpc) is 3.08. The third-order valence-electron chi connectivity index (χ3n) is 3.61. The molecule has 0 atom stereocenters. The number of nitrogens with zero attached hydrogens (tertiary/aromatic N) is 3. The molecule has 0 amide bonds. The molecule has 0 aliphatic rings. The highest BCUT2D eigenvalue weighted by Crippen LogP contribution is 2.12. The standard InChI is InChI=1S/C20H19N3O/c1-2-20(13-18(14-21)15-22)24-16-19-9-6-11-23(19)12-10-17-7-4-3-5-8-17/h2-9,11,13H,10,12,16H2,1H3/b20-2-. The fourth-order valence-corrected chi connectivity index (χ4v) is 2.29. The third kappa shape index (κ3) is 4.90. The predicted octanol–water partition coefficient (Wildman–Crippen LogP) is 4.12. The summed E-state index contributed by atoms with van der Waals surface area (Å²) in [4.78, 5) is 0. The molecule has 1 aromatic carbocycles. The van der Waals surface area contributed by atoms with Gasteiger partial charge in [-0.3, -0.25) is 0 Å². The molecular formula is C20H19N3O. The molecule has 2 rings (SSSR count). The largest absolute Gasteiger partial charge is 0.488 e. The van der Waals surface area contributed by atoms with Gasteiger partial charge in [-0.05, 0) is 37.1 Å². The van der Waals surface area contributed by atoms with Crippen LogP contribution in [0.1, 0.15) is 18.2 Å². The van der Waals surface area contributed by atoms with Crippen molar-refractivity contribution in [3.63, 3.8) is 0 Å². The number of benzene rings is 1. The van der Waals surface area contributed by atoms with Gasteiger partial charge in [0.1, 0.15) is 30.1 Å². The summed E-state index contributed by atoms with van der Waals surface area (Å²) >= 11 is 0. The van der Waals surface area contributed by atoms with E-state index in [4.69, 9.17) is 15.3 Å². The predicted molar refractivity (Wildman–Crippen MR) is 92.4 cm³/mol. The van der Waals surface area contributed by atoms with Crippen molar-refractivity contribution in [2.24, 2.45) is 0 Å². The molecule has 0 N–H and O–H groups in total. The minimum atomic E-state index is 0.0301. The third-order valence-corrected chi connectivity index (χ3v) is 3.61. The first-order valence-electron chi connectivity index (χ1n) is 7.75. The lowest BCUT2D eigenvalue weighted by molar-refractivity contribution is 0.203. The zero-order valence-corrected chi connectivity index (χ0v) is 13.6. The first kappa shape index (κ1) is 17.1. The van der Waals surface area contributed by atoms with Crippen LogP contribution in [0.25, 0.3) is 0 Å². The first-order chi connectivity index (χ1) is 11.8. The fourth-order valence-electron chi connectivity index (χ4n) is 2.29. The molecule has 0 aliphatic carbocycles. The number of nitriles is 2. The minimum Gasteiger partial charge on any atom is -0.488 e. The highest BCUT2D eigenvalue weighted by atomic mass is 16.5. The molecule has 0 fully saturated rings. The summed E-state index contributed by atoms with van der Waals surface area (Å²) in [5.74, 6) is 0.518. The van der Waals surface area contributed by atoms with Crippen LogP contribution in [-0.2, 0) is 24.3 Å². The normalized spacial score (nSPS) is 10.5. The number of hydrogen-bond acceptors (Lipinski definition) is 3. The van der Waals surface area contributed by atoms with Gasteiger partial charge in [0.25, 0.3) is 0 Å². The zero-order chi connectivity index (χ0) is 17.2. The quantitative estimate of drug-likeness (QED) is 0.438. The van der Waals surface area contributed by atoms with Crippen LogP contribution < -0.4 is 0 Å². The molecule has 0 aliphatic heterocycles. The number of rotatable bonds is 7. The highest BCUT2D eigenvalue weighted by Gasteiger charge is 2.04. The number of hydrogen-bond donors (Lipinski definition) is 0. The van der Waals surface area contributed by atoms with Gasteiger partial charge < -0.3 is 9.30 Å². The van der Waals surface area contributed by atoms with E-state index in [1.165, 1.54) is 11.6 Å². The molecule has 0 saturated carbocycles. The van der Waals surface area contributed by atoms with E-state index < -0.39 is 0 Å². The molecule has 1 aromatic heterocycles. The first-order valence-corrected chi connectivity index (χ1v) is 7.75.